The van der Waals surface area contributed by atoms with Gasteiger partial charge in [0.2, 0.25) is 0 Å². The van der Waals surface area contributed by atoms with Crippen molar-refractivity contribution in [2.45, 2.75) is 19.8 Å². The SMILES string of the molecule is CCc1ccc(-c2ncc(C(=O)O)c(C(F)F)n2)cc1. The Labute approximate surface area is 114 Å². The van der Waals surface area contributed by atoms with Crippen LogP contribution in [0.1, 0.15) is 35.0 Å². The summed E-state index contributed by atoms with van der Waals surface area (Å²) in [6, 6.07) is 7.16. The molecule has 1 aromatic heterocycles. The van der Waals surface area contributed by atoms with E-state index in [1.807, 2.05) is 19.1 Å². The summed E-state index contributed by atoms with van der Waals surface area (Å²) >= 11 is 0. The Hall–Kier alpha value is -2.37. The zero-order valence-electron chi connectivity index (χ0n) is 10.7. The third-order valence-electron chi connectivity index (χ3n) is 2.88. The zero-order valence-corrected chi connectivity index (χ0v) is 10.7. The molecule has 6 heteroatoms. The molecule has 4 nitrogen and oxygen atoms in total. The molecular formula is C14H12F2N2O2. The number of aromatic nitrogens is 2. The normalized spacial score (nSPS) is 10.8. The predicted octanol–water partition coefficient (Wildman–Crippen LogP) is 3.34. The lowest BCUT2D eigenvalue weighted by Crippen LogP contribution is -2.08. The fourth-order valence-electron chi connectivity index (χ4n) is 1.75. The topological polar surface area (TPSA) is 63.1 Å². The van der Waals surface area contributed by atoms with Crippen molar-refractivity contribution in [1.82, 2.24) is 9.97 Å². The van der Waals surface area contributed by atoms with Gasteiger partial charge < -0.3 is 5.11 Å². The average molecular weight is 278 g/mol. The van der Waals surface area contributed by atoms with Crippen molar-refractivity contribution < 1.29 is 18.7 Å². The number of hydrogen-bond acceptors (Lipinski definition) is 3. The van der Waals surface area contributed by atoms with Crippen LogP contribution in [0.25, 0.3) is 11.4 Å². The van der Waals surface area contributed by atoms with E-state index in [4.69, 9.17) is 5.11 Å². The summed E-state index contributed by atoms with van der Waals surface area (Å²) in [4.78, 5) is 18.4. The second-order valence-corrected chi connectivity index (χ2v) is 4.15. The molecule has 0 saturated heterocycles. The zero-order chi connectivity index (χ0) is 14.7. The highest BCUT2D eigenvalue weighted by atomic mass is 19.3. The van der Waals surface area contributed by atoms with Crippen molar-refractivity contribution in [2.24, 2.45) is 0 Å². The lowest BCUT2D eigenvalue weighted by Gasteiger charge is -2.07. The summed E-state index contributed by atoms with van der Waals surface area (Å²) < 4.78 is 25.7. The molecule has 2 rings (SSSR count). The largest absolute Gasteiger partial charge is 0.478 e. The first-order valence-corrected chi connectivity index (χ1v) is 6.00. The summed E-state index contributed by atoms with van der Waals surface area (Å²) in [6.45, 7) is 2.00. The van der Waals surface area contributed by atoms with Crippen molar-refractivity contribution in [3.63, 3.8) is 0 Å². The van der Waals surface area contributed by atoms with E-state index in [1.54, 1.807) is 12.1 Å². The van der Waals surface area contributed by atoms with Crippen LogP contribution in [0, 0.1) is 0 Å². The highest BCUT2D eigenvalue weighted by Crippen LogP contribution is 2.24. The molecule has 1 N–H and O–H groups in total. The van der Waals surface area contributed by atoms with Crippen molar-refractivity contribution in [3.8, 4) is 11.4 Å². The van der Waals surface area contributed by atoms with E-state index in [0.717, 1.165) is 18.2 Å². The Balaban J connectivity index is 2.47. The van der Waals surface area contributed by atoms with Crippen LogP contribution < -0.4 is 0 Å². The molecule has 0 amide bonds. The number of hydrogen-bond donors (Lipinski definition) is 1. The van der Waals surface area contributed by atoms with Gasteiger partial charge in [0.25, 0.3) is 6.43 Å². The molecule has 2 aromatic rings. The van der Waals surface area contributed by atoms with Gasteiger partial charge in [-0.05, 0) is 12.0 Å². The lowest BCUT2D eigenvalue weighted by atomic mass is 10.1. The van der Waals surface area contributed by atoms with E-state index in [1.165, 1.54) is 0 Å². The summed E-state index contributed by atoms with van der Waals surface area (Å²) in [6.07, 6.45) is -1.18. The second-order valence-electron chi connectivity index (χ2n) is 4.15. The van der Waals surface area contributed by atoms with Crippen LogP contribution in [0.2, 0.25) is 0 Å². The number of benzene rings is 1. The molecule has 1 aromatic carbocycles. The van der Waals surface area contributed by atoms with Gasteiger partial charge in [-0.15, -0.1) is 0 Å². The van der Waals surface area contributed by atoms with Gasteiger partial charge >= 0.3 is 5.97 Å². The Morgan fingerprint density at radius 2 is 1.95 bits per heavy atom. The summed E-state index contributed by atoms with van der Waals surface area (Å²) in [5.41, 5.74) is 0.335. The molecule has 0 spiro atoms. The number of carboxylic acids is 1. The minimum atomic E-state index is -2.96. The van der Waals surface area contributed by atoms with Gasteiger partial charge in [-0.2, -0.15) is 0 Å². The smallest absolute Gasteiger partial charge is 0.339 e. The van der Waals surface area contributed by atoms with Crippen molar-refractivity contribution in [2.75, 3.05) is 0 Å². The van der Waals surface area contributed by atoms with Crippen LogP contribution in [0.3, 0.4) is 0 Å². The molecule has 0 saturated carbocycles. The predicted molar refractivity (Wildman–Crippen MR) is 68.8 cm³/mol. The highest BCUT2D eigenvalue weighted by molar-refractivity contribution is 5.88. The van der Waals surface area contributed by atoms with E-state index in [2.05, 4.69) is 9.97 Å². The number of nitrogens with zero attached hydrogens (tertiary/aromatic N) is 2. The van der Waals surface area contributed by atoms with Crippen LogP contribution in [0.5, 0.6) is 0 Å². The fraction of sp³-hybridized carbons (Fsp3) is 0.214. The molecule has 0 atom stereocenters. The van der Waals surface area contributed by atoms with Crippen molar-refractivity contribution in [3.05, 3.63) is 47.3 Å². The fourth-order valence-corrected chi connectivity index (χ4v) is 1.75. The van der Waals surface area contributed by atoms with E-state index in [-0.39, 0.29) is 5.82 Å². The van der Waals surface area contributed by atoms with Crippen LogP contribution in [-0.2, 0) is 6.42 Å². The van der Waals surface area contributed by atoms with E-state index >= 15 is 0 Å². The van der Waals surface area contributed by atoms with Crippen molar-refractivity contribution >= 4 is 5.97 Å². The molecule has 0 bridgehead atoms. The van der Waals surface area contributed by atoms with Crippen LogP contribution in [-0.4, -0.2) is 21.0 Å². The standard InChI is InChI=1S/C14H12F2N2O2/c1-2-8-3-5-9(6-4-8)13-17-7-10(14(19)20)11(18-13)12(15)16/h3-7,12H,2H2,1H3,(H,19,20). The Morgan fingerprint density at radius 1 is 1.30 bits per heavy atom. The van der Waals surface area contributed by atoms with Gasteiger partial charge in [-0.1, -0.05) is 31.2 Å². The average Bonchev–Trinajstić information content (AvgIpc) is 2.46. The molecule has 0 unspecified atom stereocenters. The van der Waals surface area contributed by atoms with Gasteiger partial charge in [-0.3, -0.25) is 0 Å². The third-order valence-corrected chi connectivity index (χ3v) is 2.88. The minimum absolute atomic E-state index is 0.0907. The van der Waals surface area contributed by atoms with Gasteiger partial charge in [0, 0.05) is 11.8 Å². The summed E-state index contributed by atoms with van der Waals surface area (Å²) in [5, 5.41) is 8.83. The van der Waals surface area contributed by atoms with Crippen LogP contribution in [0.4, 0.5) is 8.78 Å². The number of rotatable bonds is 4. The van der Waals surface area contributed by atoms with Gasteiger partial charge in [0.05, 0.1) is 0 Å². The van der Waals surface area contributed by atoms with Crippen LogP contribution in [0.15, 0.2) is 30.5 Å². The number of carboxylic acid groups (broad SMARTS) is 1. The maximum atomic E-state index is 12.8. The molecule has 104 valence electrons. The Kier molecular flexibility index (Phi) is 4.02. The Bertz CT molecular complexity index is 628. The van der Waals surface area contributed by atoms with Crippen LogP contribution >= 0.6 is 0 Å². The maximum Gasteiger partial charge on any atom is 0.339 e. The molecule has 0 fully saturated rings. The summed E-state index contributed by atoms with van der Waals surface area (Å²) in [7, 11) is 0. The molecule has 0 radical (unpaired) electrons. The maximum absolute atomic E-state index is 12.8. The summed E-state index contributed by atoms with van der Waals surface area (Å²) in [5.74, 6) is -1.37. The second kappa shape index (κ2) is 5.73. The number of carbonyl (C=O) groups is 1. The van der Waals surface area contributed by atoms with Gasteiger partial charge in [0.15, 0.2) is 5.82 Å². The molecule has 0 aliphatic heterocycles. The molecule has 20 heavy (non-hydrogen) atoms. The quantitative estimate of drug-likeness (QED) is 0.931. The number of alkyl halides is 2. The number of aryl methyl sites for hydroxylation is 1. The van der Waals surface area contributed by atoms with E-state index in [0.29, 0.717) is 5.56 Å². The van der Waals surface area contributed by atoms with E-state index in [9.17, 15) is 13.6 Å². The monoisotopic (exact) mass is 278 g/mol. The van der Waals surface area contributed by atoms with Gasteiger partial charge in [-0.25, -0.2) is 23.5 Å². The number of halogens is 2. The third kappa shape index (κ3) is 2.79. The molecule has 1 heterocycles. The molecular weight excluding hydrogens is 266 g/mol. The first kappa shape index (κ1) is 14.0. The van der Waals surface area contributed by atoms with Crippen molar-refractivity contribution in [1.29, 1.82) is 0 Å². The van der Waals surface area contributed by atoms with Gasteiger partial charge in [0.1, 0.15) is 11.3 Å². The Morgan fingerprint density at radius 3 is 2.45 bits per heavy atom. The highest BCUT2D eigenvalue weighted by Gasteiger charge is 2.21. The van der Waals surface area contributed by atoms with E-state index < -0.39 is 23.7 Å². The molecule has 0 aliphatic rings. The number of aromatic carboxylic acids is 1. The lowest BCUT2D eigenvalue weighted by molar-refractivity contribution is 0.0681. The first-order chi connectivity index (χ1) is 9.52. The minimum Gasteiger partial charge on any atom is -0.478 e. The first-order valence-electron chi connectivity index (χ1n) is 6.00. The molecule has 0 aliphatic carbocycles.